The van der Waals surface area contributed by atoms with Gasteiger partial charge in [0.25, 0.3) is 0 Å². The number of hydrogen-bond acceptors (Lipinski definition) is 2. The highest BCUT2D eigenvalue weighted by Crippen LogP contribution is 2.27. The zero-order valence-electron chi connectivity index (χ0n) is 10.2. The molecule has 0 saturated heterocycles. The molecule has 17 heavy (non-hydrogen) atoms. The van der Waals surface area contributed by atoms with Crippen molar-refractivity contribution in [2.45, 2.75) is 26.7 Å². The van der Waals surface area contributed by atoms with Gasteiger partial charge in [-0.05, 0) is 20.3 Å². The van der Waals surface area contributed by atoms with E-state index >= 15 is 0 Å². The quantitative estimate of drug-likeness (QED) is 0.727. The van der Waals surface area contributed by atoms with E-state index in [0.29, 0.717) is 24.0 Å². The summed E-state index contributed by atoms with van der Waals surface area (Å²) in [5.74, 6) is 0.0253. The van der Waals surface area contributed by atoms with E-state index in [4.69, 9.17) is 0 Å². The number of carbonyl (C=O) groups is 2. The van der Waals surface area contributed by atoms with E-state index in [9.17, 15) is 9.59 Å². The number of benzene rings is 1. The second kappa shape index (κ2) is 4.66. The van der Waals surface area contributed by atoms with Crippen LogP contribution in [0.1, 0.15) is 47.4 Å². The fourth-order valence-corrected chi connectivity index (χ4v) is 2.16. The molecule has 1 aliphatic carbocycles. The molecule has 2 nitrogen and oxygen atoms in total. The summed E-state index contributed by atoms with van der Waals surface area (Å²) in [6.45, 7) is 4.01. The average molecular weight is 228 g/mol. The second-order valence-electron chi connectivity index (χ2n) is 4.75. The van der Waals surface area contributed by atoms with Gasteiger partial charge in [-0.15, -0.1) is 0 Å². The van der Waals surface area contributed by atoms with Crippen LogP contribution in [0.2, 0.25) is 0 Å². The van der Waals surface area contributed by atoms with Crippen LogP contribution in [0, 0.1) is 5.92 Å². The van der Waals surface area contributed by atoms with Crippen molar-refractivity contribution in [3.05, 3.63) is 47.0 Å². The normalized spacial score (nSPS) is 18.8. The Morgan fingerprint density at radius 2 is 1.88 bits per heavy atom. The maximum Gasteiger partial charge on any atom is 0.167 e. The van der Waals surface area contributed by atoms with Crippen molar-refractivity contribution in [1.29, 1.82) is 0 Å². The number of carbonyl (C=O) groups excluding carboxylic acids is 2. The van der Waals surface area contributed by atoms with Crippen LogP contribution in [0.3, 0.4) is 0 Å². The maximum absolute atomic E-state index is 12.2. The first-order chi connectivity index (χ1) is 8.09. The zero-order chi connectivity index (χ0) is 12.4. The van der Waals surface area contributed by atoms with Crippen molar-refractivity contribution in [3.63, 3.8) is 0 Å². The van der Waals surface area contributed by atoms with E-state index in [0.717, 1.165) is 0 Å². The summed E-state index contributed by atoms with van der Waals surface area (Å²) in [4.78, 5) is 24.1. The number of fused-ring (bicyclic) bond motifs is 1. The highest BCUT2D eigenvalue weighted by molar-refractivity contribution is 6.14. The summed E-state index contributed by atoms with van der Waals surface area (Å²) in [5.41, 5.74) is 2.37. The van der Waals surface area contributed by atoms with E-state index in [1.165, 1.54) is 5.57 Å². The molecule has 2 rings (SSSR count). The third-order valence-corrected chi connectivity index (χ3v) is 3.11. The van der Waals surface area contributed by atoms with E-state index in [2.05, 4.69) is 0 Å². The SMILES string of the molecule is CC(C)=CC[C@@H]1CC(=O)c2ccccc2C1=O. The molecule has 0 N–H and O–H groups in total. The minimum absolute atomic E-state index is 0.0901. The Morgan fingerprint density at radius 1 is 1.24 bits per heavy atom. The van der Waals surface area contributed by atoms with Crippen molar-refractivity contribution in [3.8, 4) is 0 Å². The van der Waals surface area contributed by atoms with E-state index in [1.807, 2.05) is 26.0 Å². The Morgan fingerprint density at radius 3 is 2.53 bits per heavy atom. The summed E-state index contributed by atoms with van der Waals surface area (Å²) in [5, 5.41) is 0. The highest BCUT2D eigenvalue weighted by atomic mass is 16.1. The highest BCUT2D eigenvalue weighted by Gasteiger charge is 2.31. The van der Waals surface area contributed by atoms with Crippen molar-refractivity contribution in [2.75, 3.05) is 0 Å². The molecule has 0 fully saturated rings. The number of rotatable bonds is 2. The molecular formula is C15H16O2. The van der Waals surface area contributed by atoms with E-state index in [1.54, 1.807) is 18.2 Å². The van der Waals surface area contributed by atoms with Crippen LogP contribution < -0.4 is 0 Å². The third-order valence-electron chi connectivity index (χ3n) is 3.11. The van der Waals surface area contributed by atoms with Crippen molar-refractivity contribution in [2.24, 2.45) is 5.92 Å². The molecule has 1 atom stereocenters. The monoisotopic (exact) mass is 228 g/mol. The Hall–Kier alpha value is -1.70. The summed E-state index contributed by atoms with van der Waals surface area (Å²) in [7, 11) is 0. The van der Waals surface area contributed by atoms with Crippen LogP contribution in [-0.4, -0.2) is 11.6 Å². The van der Waals surface area contributed by atoms with Crippen molar-refractivity contribution >= 4 is 11.6 Å². The van der Waals surface area contributed by atoms with E-state index in [-0.39, 0.29) is 17.5 Å². The smallest absolute Gasteiger partial charge is 0.167 e. The van der Waals surface area contributed by atoms with Gasteiger partial charge in [0.15, 0.2) is 11.6 Å². The molecule has 1 aliphatic rings. The number of hydrogen-bond donors (Lipinski definition) is 0. The predicted octanol–water partition coefficient (Wildman–Crippen LogP) is 3.43. The largest absolute Gasteiger partial charge is 0.294 e. The first kappa shape index (κ1) is 11.8. The summed E-state index contributed by atoms with van der Waals surface area (Å²) < 4.78 is 0. The molecule has 0 heterocycles. The van der Waals surface area contributed by atoms with Crippen LogP contribution >= 0.6 is 0 Å². The van der Waals surface area contributed by atoms with Gasteiger partial charge in [-0.2, -0.15) is 0 Å². The Kier molecular flexibility index (Phi) is 3.23. The van der Waals surface area contributed by atoms with Gasteiger partial charge in [-0.25, -0.2) is 0 Å². The minimum atomic E-state index is -0.174. The van der Waals surface area contributed by atoms with Crippen LogP contribution in [0.25, 0.3) is 0 Å². The Balaban J connectivity index is 2.30. The lowest BCUT2D eigenvalue weighted by Gasteiger charge is -2.21. The first-order valence-electron chi connectivity index (χ1n) is 5.89. The molecular weight excluding hydrogens is 212 g/mol. The summed E-state index contributed by atoms with van der Waals surface area (Å²) in [6.07, 6.45) is 3.05. The van der Waals surface area contributed by atoms with Gasteiger partial charge < -0.3 is 0 Å². The first-order valence-corrected chi connectivity index (χ1v) is 5.89. The minimum Gasteiger partial charge on any atom is -0.294 e. The van der Waals surface area contributed by atoms with Crippen LogP contribution in [0.4, 0.5) is 0 Å². The molecule has 88 valence electrons. The van der Waals surface area contributed by atoms with Gasteiger partial charge in [0.05, 0.1) is 0 Å². The average Bonchev–Trinajstić information content (AvgIpc) is 2.32. The molecule has 0 saturated carbocycles. The molecule has 0 bridgehead atoms. The topological polar surface area (TPSA) is 34.1 Å². The fourth-order valence-electron chi connectivity index (χ4n) is 2.16. The van der Waals surface area contributed by atoms with Crippen LogP contribution in [0.15, 0.2) is 35.9 Å². The van der Waals surface area contributed by atoms with Gasteiger partial charge in [-0.1, -0.05) is 35.9 Å². The molecule has 0 amide bonds. The Bertz CT molecular complexity index is 493. The number of Topliss-reactive ketones (excluding diaryl/α,β-unsaturated/α-hetero) is 2. The van der Waals surface area contributed by atoms with Gasteiger partial charge >= 0.3 is 0 Å². The third kappa shape index (κ3) is 2.36. The van der Waals surface area contributed by atoms with Gasteiger partial charge in [-0.3, -0.25) is 9.59 Å². The maximum atomic E-state index is 12.2. The standard InChI is InChI=1S/C15H16O2/c1-10(2)7-8-11-9-14(16)12-5-3-4-6-13(12)15(11)17/h3-7,11H,8-9H2,1-2H3/t11-/m1/s1. The number of ketones is 2. The lowest BCUT2D eigenvalue weighted by Crippen LogP contribution is -2.26. The van der Waals surface area contributed by atoms with Crippen molar-refractivity contribution in [1.82, 2.24) is 0 Å². The van der Waals surface area contributed by atoms with E-state index < -0.39 is 0 Å². The van der Waals surface area contributed by atoms with Crippen LogP contribution in [0.5, 0.6) is 0 Å². The predicted molar refractivity (Wildman–Crippen MR) is 67.3 cm³/mol. The lowest BCUT2D eigenvalue weighted by molar-refractivity contribution is 0.0824. The zero-order valence-corrected chi connectivity index (χ0v) is 10.2. The fraction of sp³-hybridized carbons (Fsp3) is 0.333. The number of allylic oxidation sites excluding steroid dienone is 2. The lowest BCUT2D eigenvalue weighted by atomic mass is 9.80. The van der Waals surface area contributed by atoms with Gasteiger partial charge in [0.2, 0.25) is 0 Å². The molecule has 0 unspecified atom stereocenters. The molecule has 0 aromatic heterocycles. The summed E-state index contributed by atoms with van der Waals surface area (Å²) >= 11 is 0. The van der Waals surface area contributed by atoms with Crippen molar-refractivity contribution < 1.29 is 9.59 Å². The van der Waals surface area contributed by atoms with Gasteiger partial charge in [0.1, 0.15) is 0 Å². The Labute approximate surface area is 101 Å². The second-order valence-corrected chi connectivity index (χ2v) is 4.75. The molecule has 1 aromatic carbocycles. The van der Waals surface area contributed by atoms with Gasteiger partial charge in [0, 0.05) is 23.5 Å². The molecule has 0 aliphatic heterocycles. The van der Waals surface area contributed by atoms with Crippen LogP contribution in [-0.2, 0) is 0 Å². The molecule has 0 radical (unpaired) electrons. The molecule has 1 aromatic rings. The molecule has 0 spiro atoms. The summed E-state index contributed by atoms with van der Waals surface area (Å²) in [6, 6.07) is 7.12. The molecule has 2 heteroatoms.